The van der Waals surface area contributed by atoms with Gasteiger partial charge >= 0.3 is 0 Å². The van der Waals surface area contributed by atoms with Crippen LogP contribution in [0, 0.1) is 0 Å². The van der Waals surface area contributed by atoms with Crippen molar-refractivity contribution in [2.24, 2.45) is 0 Å². The van der Waals surface area contributed by atoms with Gasteiger partial charge in [-0.05, 0) is 42.9 Å². The summed E-state index contributed by atoms with van der Waals surface area (Å²) in [5.41, 5.74) is 0.611. The summed E-state index contributed by atoms with van der Waals surface area (Å²) in [6, 6.07) is 14.0. The van der Waals surface area contributed by atoms with Crippen molar-refractivity contribution in [1.82, 2.24) is 20.9 Å². The fourth-order valence-corrected chi connectivity index (χ4v) is 6.28. The van der Waals surface area contributed by atoms with E-state index >= 15 is 0 Å². The van der Waals surface area contributed by atoms with Crippen molar-refractivity contribution in [1.29, 1.82) is 0 Å². The van der Waals surface area contributed by atoms with Crippen LogP contribution in [0.4, 0.5) is 0 Å². The number of hydrogen-bond donors (Lipinski definition) is 3. The highest BCUT2D eigenvalue weighted by Crippen LogP contribution is 2.30. The Bertz CT molecular complexity index is 1430. The molecule has 0 radical (unpaired) electrons. The number of Topliss-reactive ketones (excluding diaryl/α,β-unsaturated/α-hetero) is 1. The summed E-state index contributed by atoms with van der Waals surface area (Å²) < 4.78 is 12.5. The van der Waals surface area contributed by atoms with Gasteiger partial charge in [-0.25, -0.2) is 0 Å². The van der Waals surface area contributed by atoms with Crippen LogP contribution in [0.15, 0.2) is 67.3 Å². The average molecular weight is 651 g/mol. The molecule has 46 heavy (non-hydrogen) atoms. The van der Waals surface area contributed by atoms with E-state index in [4.69, 9.17) is 9.47 Å². The highest BCUT2D eigenvalue weighted by atomic mass is 32.2. The van der Waals surface area contributed by atoms with E-state index in [1.165, 1.54) is 11.0 Å². The number of fused-ring (bicyclic) bond motifs is 4. The van der Waals surface area contributed by atoms with E-state index in [0.29, 0.717) is 30.1 Å². The third kappa shape index (κ3) is 9.20. The Labute approximate surface area is 273 Å². The lowest BCUT2D eigenvalue weighted by Crippen LogP contribution is -2.54. The zero-order chi connectivity index (χ0) is 33.3. The Kier molecular flexibility index (Phi) is 12.0. The first-order chi connectivity index (χ1) is 22.0. The van der Waals surface area contributed by atoms with E-state index in [9.17, 15) is 24.0 Å². The van der Waals surface area contributed by atoms with Gasteiger partial charge in [0.25, 0.3) is 17.6 Å². The summed E-state index contributed by atoms with van der Waals surface area (Å²) in [6.45, 7) is 9.73. The molecule has 4 atom stereocenters. The van der Waals surface area contributed by atoms with Gasteiger partial charge < -0.3 is 30.3 Å². The molecule has 11 nitrogen and oxygen atoms in total. The number of nitrogens with one attached hydrogen (secondary N) is 3. The molecule has 12 heteroatoms. The van der Waals surface area contributed by atoms with Crippen molar-refractivity contribution in [3.05, 3.63) is 78.4 Å². The number of thioether (sulfide) groups is 1. The summed E-state index contributed by atoms with van der Waals surface area (Å²) >= 11 is 1.10. The van der Waals surface area contributed by atoms with Gasteiger partial charge in [0.05, 0.1) is 24.7 Å². The summed E-state index contributed by atoms with van der Waals surface area (Å²) in [7, 11) is 0. The molecule has 2 aromatic rings. The molecule has 1 fully saturated rings. The zero-order valence-corrected chi connectivity index (χ0v) is 27.3. The second-order valence-electron chi connectivity index (χ2n) is 11.8. The number of amides is 4. The van der Waals surface area contributed by atoms with Gasteiger partial charge in [-0.1, -0.05) is 55.5 Å². The number of ketones is 1. The smallest absolute Gasteiger partial charge is 0.290 e. The average Bonchev–Trinajstić information content (AvgIpc) is 3.44. The number of hydrogen-bond acceptors (Lipinski definition) is 8. The lowest BCUT2D eigenvalue weighted by atomic mass is 10.0. The third-order valence-corrected chi connectivity index (χ3v) is 8.73. The molecule has 0 spiro atoms. The Balaban J connectivity index is 1.67. The minimum atomic E-state index is -1.16. The number of nitrogens with zero attached hydrogens (tertiary/aromatic N) is 1. The van der Waals surface area contributed by atoms with Crippen molar-refractivity contribution in [2.75, 3.05) is 25.4 Å². The van der Waals surface area contributed by atoms with Gasteiger partial charge in [0.15, 0.2) is 0 Å². The van der Waals surface area contributed by atoms with Gasteiger partial charge in [-0.15, -0.1) is 18.3 Å². The molecule has 0 saturated carbocycles. The summed E-state index contributed by atoms with van der Waals surface area (Å²) in [5, 5.41) is 6.88. The molecule has 0 aliphatic carbocycles. The van der Waals surface area contributed by atoms with Gasteiger partial charge in [-0.3, -0.25) is 24.0 Å². The van der Waals surface area contributed by atoms with Crippen LogP contribution in [0.2, 0.25) is 0 Å². The predicted octanol–water partition coefficient (Wildman–Crippen LogP) is 2.70. The molecule has 4 rings (SSSR count). The Hall–Kier alpha value is -4.16. The molecule has 2 aliphatic heterocycles. The lowest BCUT2D eigenvalue weighted by Gasteiger charge is -2.30. The molecular formula is C34H42N4O7S. The summed E-state index contributed by atoms with van der Waals surface area (Å²) in [4.78, 5) is 68.4. The number of ether oxygens (including phenoxy) is 2. The molecule has 2 heterocycles. The minimum absolute atomic E-state index is 0.0148. The van der Waals surface area contributed by atoms with Gasteiger partial charge in [0.2, 0.25) is 11.8 Å². The number of rotatable bonds is 9. The minimum Gasteiger partial charge on any atom is -0.493 e. The van der Waals surface area contributed by atoms with Crippen LogP contribution in [0.25, 0.3) is 0 Å². The maximum atomic E-state index is 14.4. The first kappa shape index (κ1) is 34.7. The maximum Gasteiger partial charge on any atom is 0.290 e. The third-order valence-electron chi connectivity index (χ3n) is 7.73. The van der Waals surface area contributed by atoms with Crippen LogP contribution in [0.3, 0.4) is 0 Å². The van der Waals surface area contributed by atoms with Crippen LogP contribution < -0.4 is 20.7 Å². The topological polar surface area (TPSA) is 143 Å². The van der Waals surface area contributed by atoms with Crippen LogP contribution in [-0.4, -0.2) is 82.9 Å². The second kappa shape index (κ2) is 15.9. The van der Waals surface area contributed by atoms with Crippen molar-refractivity contribution in [3.8, 4) is 5.75 Å². The van der Waals surface area contributed by atoms with Gasteiger partial charge in [0.1, 0.15) is 23.2 Å². The molecular weight excluding hydrogens is 608 g/mol. The van der Waals surface area contributed by atoms with Crippen LogP contribution in [-0.2, 0) is 35.1 Å². The molecule has 3 N–H and O–H groups in total. The van der Waals surface area contributed by atoms with E-state index in [-0.39, 0.29) is 31.8 Å². The molecule has 2 aliphatic rings. The van der Waals surface area contributed by atoms with Gasteiger partial charge in [0, 0.05) is 25.9 Å². The first-order valence-electron chi connectivity index (χ1n) is 15.4. The molecule has 1 unspecified atom stereocenters. The Morgan fingerprint density at radius 1 is 1.15 bits per heavy atom. The SMILES string of the molecule is C=CCNC(=O)C(=O)C(NC(=O)[C@@H]1C[C@@H]2CN1C(=O)[C@H](c1ccccc1)NC(=O)Cc1cccc(c1)OCCC(C)(C)O2)SCC. The lowest BCUT2D eigenvalue weighted by molar-refractivity contribution is -0.143. The van der Waals surface area contributed by atoms with E-state index in [2.05, 4.69) is 22.5 Å². The van der Waals surface area contributed by atoms with Crippen LogP contribution in [0.5, 0.6) is 5.75 Å². The van der Waals surface area contributed by atoms with Crippen molar-refractivity contribution in [2.45, 2.75) is 69.2 Å². The number of carbonyl (C=O) groups excluding carboxylic acids is 5. The second-order valence-corrected chi connectivity index (χ2v) is 13.2. The zero-order valence-electron chi connectivity index (χ0n) is 26.5. The molecule has 4 bridgehead atoms. The van der Waals surface area contributed by atoms with E-state index in [0.717, 1.165) is 17.3 Å². The Morgan fingerprint density at radius 3 is 2.63 bits per heavy atom. The van der Waals surface area contributed by atoms with E-state index in [1.807, 2.05) is 38.1 Å². The summed E-state index contributed by atoms with van der Waals surface area (Å²) in [6.07, 6.45) is 1.61. The normalized spacial score (nSPS) is 22.2. The van der Waals surface area contributed by atoms with Crippen LogP contribution >= 0.6 is 11.8 Å². The van der Waals surface area contributed by atoms with E-state index in [1.54, 1.807) is 37.3 Å². The fraction of sp³-hybridized carbons (Fsp3) is 0.441. The monoisotopic (exact) mass is 650 g/mol. The molecule has 0 aromatic heterocycles. The molecule has 2 aromatic carbocycles. The molecule has 4 amide bonds. The van der Waals surface area contributed by atoms with Crippen molar-refractivity contribution >= 4 is 41.2 Å². The van der Waals surface area contributed by atoms with E-state index < -0.39 is 52.7 Å². The fourth-order valence-electron chi connectivity index (χ4n) is 5.49. The van der Waals surface area contributed by atoms with Crippen molar-refractivity contribution < 1.29 is 33.4 Å². The molecule has 1 saturated heterocycles. The molecule has 246 valence electrons. The quantitative estimate of drug-likeness (QED) is 0.214. The predicted molar refractivity (Wildman–Crippen MR) is 175 cm³/mol. The van der Waals surface area contributed by atoms with Crippen LogP contribution in [0.1, 0.15) is 50.8 Å². The summed E-state index contributed by atoms with van der Waals surface area (Å²) in [5.74, 6) is -2.03. The Morgan fingerprint density at radius 2 is 1.91 bits per heavy atom. The number of benzene rings is 2. The largest absolute Gasteiger partial charge is 0.493 e. The standard InChI is InChI=1S/C34H42N4O7S/c1-5-16-35-31(42)29(40)32(46-6-2)37-30(41)26-20-25-21-38(26)33(43)28(23-12-8-7-9-13-23)36-27(39)19-22-11-10-14-24(18-22)44-17-15-34(3,4)45-25/h5,7-14,18,25-26,28,32H,1,6,15-17,19-21H2,2-4H3,(H,35,42)(H,36,39)(H,37,41)/t25-,26+,28+,32?/m1/s1. The first-order valence-corrected chi connectivity index (χ1v) is 16.5. The maximum absolute atomic E-state index is 14.4. The van der Waals surface area contributed by atoms with Gasteiger partial charge in [-0.2, -0.15) is 0 Å². The number of carbonyl (C=O) groups is 5. The highest BCUT2D eigenvalue weighted by Gasteiger charge is 2.45. The highest BCUT2D eigenvalue weighted by molar-refractivity contribution is 8.00. The van der Waals surface area contributed by atoms with Crippen molar-refractivity contribution in [3.63, 3.8) is 0 Å².